The van der Waals surface area contributed by atoms with Gasteiger partial charge < -0.3 is 18.3 Å². The highest BCUT2D eigenvalue weighted by molar-refractivity contribution is 9.10. The number of methoxy groups -OCH3 is 1. The smallest absolute Gasteiger partial charge is 0.360 e. The molecule has 2 heterocycles. The average Bonchev–Trinajstić information content (AvgIpc) is 3.24. The average molecular weight is 393 g/mol. The molecule has 0 spiro atoms. The number of hydrogen-bond donors (Lipinski definition) is 0. The van der Waals surface area contributed by atoms with E-state index in [9.17, 15) is 4.79 Å². The molecule has 0 unspecified atom stereocenters. The van der Waals surface area contributed by atoms with Crippen molar-refractivity contribution in [2.75, 3.05) is 13.7 Å². The van der Waals surface area contributed by atoms with E-state index in [0.29, 0.717) is 34.0 Å². The van der Waals surface area contributed by atoms with Crippen LogP contribution in [0, 0.1) is 0 Å². The first-order valence-corrected chi connectivity index (χ1v) is 7.85. The first kappa shape index (κ1) is 16.3. The van der Waals surface area contributed by atoms with Crippen LogP contribution in [-0.2, 0) is 4.74 Å². The van der Waals surface area contributed by atoms with Crippen molar-refractivity contribution in [1.82, 2.24) is 9.97 Å². The number of ether oxygens (including phenoxy) is 2. The minimum absolute atomic E-state index is 0.0968. The van der Waals surface area contributed by atoms with Crippen molar-refractivity contribution in [1.29, 1.82) is 0 Å². The minimum Gasteiger partial charge on any atom is -0.464 e. The molecule has 2 aromatic heterocycles. The molecule has 0 bridgehead atoms. The standard InChI is InChI=1S/C16H13BrN2O5/c1-3-22-12-7-18-14(24-12)9-5-4-6-10(13(9)17)15-19-11(8-23-15)16(20)21-2/h4-8H,3H2,1-2H3. The van der Waals surface area contributed by atoms with Crippen LogP contribution in [-0.4, -0.2) is 29.7 Å². The Hall–Kier alpha value is -2.61. The molecule has 8 heteroatoms. The van der Waals surface area contributed by atoms with Gasteiger partial charge in [-0.1, -0.05) is 6.07 Å². The Balaban J connectivity index is 1.98. The van der Waals surface area contributed by atoms with E-state index in [0.717, 1.165) is 0 Å². The van der Waals surface area contributed by atoms with Crippen molar-refractivity contribution in [3.8, 4) is 28.9 Å². The van der Waals surface area contributed by atoms with Crippen LogP contribution in [0.2, 0.25) is 0 Å². The number of benzene rings is 1. The quantitative estimate of drug-likeness (QED) is 0.607. The fourth-order valence-electron chi connectivity index (χ4n) is 2.05. The van der Waals surface area contributed by atoms with Crippen LogP contribution in [0.5, 0.6) is 5.95 Å². The van der Waals surface area contributed by atoms with Gasteiger partial charge >= 0.3 is 11.9 Å². The Labute approximate surface area is 145 Å². The number of nitrogens with zero attached hydrogens (tertiary/aromatic N) is 2. The third kappa shape index (κ3) is 3.05. The van der Waals surface area contributed by atoms with Gasteiger partial charge in [0.15, 0.2) is 5.69 Å². The van der Waals surface area contributed by atoms with Gasteiger partial charge in [-0.2, -0.15) is 0 Å². The molecule has 0 aliphatic carbocycles. The number of oxazole rings is 2. The summed E-state index contributed by atoms with van der Waals surface area (Å²) in [4.78, 5) is 19.8. The molecule has 3 rings (SSSR count). The van der Waals surface area contributed by atoms with Gasteiger partial charge in [0, 0.05) is 4.47 Å². The third-order valence-electron chi connectivity index (χ3n) is 3.13. The van der Waals surface area contributed by atoms with Crippen LogP contribution in [0.3, 0.4) is 0 Å². The Morgan fingerprint density at radius 2 is 2.04 bits per heavy atom. The summed E-state index contributed by atoms with van der Waals surface area (Å²) < 4.78 is 21.5. The van der Waals surface area contributed by atoms with Crippen LogP contribution in [0.25, 0.3) is 22.9 Å². The molecular formula is C16H13BrN2O5. The van der Waals surface area contributed by atoms with Gasteiger partial charge in [0.05, 0.1) is 24.8 Å². The van der Waals surface area contributed by atoms with Crippen LogP contribution < -0.4 is 4.74 Å². The van der Waals surface area contributed by atoms with Gasteiger partial charge in [-0.15, -0.1) is 0 Å². The van der Waals surface area contributed by atoms with Crippen LogP contribution in [0.15, 0.2) is 44.0 Å². The van der Waals surface area contributed by atoms with Gasteiger partial charge in [-0.25, -0.2) is 14.8 Å². The van der Waals surface area contributed by atoms with Crippen LogP contribution >= 0.6 is 15.9 Å². The first-order chi connectivity index (χ1) is 11.6. The Bertz CT molecular complexity index is 871. The predicted molar refractivity (Wildman–Crippen MR) is 87.6 cm³/mol. The highest BCUT2D eigenvalue weighted by Crippen LogP contribution is 2.36. The molecule has 3 aromatic rings. The summed E-state index contributed by atoms with van der Waals surface area (Å²) in [6.45, 7) is 2.35. The normalized spacial score (nSPS) is 10.6. The lowest BCUT2D eigenvalue weighted by molar-refractivity contribution is 0.0594. The maximum absolute atomic E-state index is 11.5. The molecule has 24 heavy (non-hydrogen) atoms. The molecule has 0 aliphatic rings. The zero-order chi connectivity index (χ0) is 17.1. The molecule has 0 N–H and O–H groups in total. The van der Waals surface area contributed by atoms with Crippen molar-refractivity contribution in [2.45, 2.75) is 6.92 Å². The maximum atomic E-state index is 11.5. The van der Waals surface area contributed by atoms with Gasteiger partial charge in [0.25, 0.3) is 0 Å². The monoisotopic (exact) mass is 392 g/mol. The number of aromatic nitrogens is 2. The molecule has 0 amide bonds. The van der Waals surface area contributed by atoms with Gasteiger partial charge in [0.1, 0.15) is 12.5 Å². The van der Waals surface area contributed by atoms with E-state index < -0.39 is 5.97 Å². The molecule has 0 atom stereocenters. The van der Waals surface area contributed by atoms with Crippen molar-refractivity contribution in [3.05, 3.63) is 40.8 Å². The summed E-state index contributed by atoms with van der Waals surface area (Å²) in [5.74, 6) is 0.452. The molecule has 0 radical (unpaired) electrons. The Kier molecular flexibility index (Phi) is 4.66. The number of rotatable bonds is 5. The van der Waals surface area contributed by atoms with Crippen LogP contribution in [0.1, 0.15) is 17.4 Å². The number of carbonyl (C=O) groups excluding carboxylic acids is 1. The molecule has 124 valence electrons. The number of carbonyl (C=O) groups is 1. The molecule has 0 saturated carbocycles. The summed E-state index contributed by atoms with van der Waals surface area (Å²) >= 11 is 3.51. The maximum Gasteiger partial charge on any atom is 0.360 e. The van der Waals surface area contributed by atoms with Gasteiger partial charge in [-0.3, -0.25) is 0 Å². The Morgan fingerprint density at radius 1 is 1.29 bits per heavy atom. The summed E-state index contributed by atoms with van der Waals surface area (Å²) in [6, 6.07) is 5.44. The van der Waals surface area contributed by atoms with Gasteiger partial charge in [0.2, 0.25) is 11.8 Å². The SMILES string of the molecule is CCOc1cnc(-c2cccc(-c3nc(C(=O)OC)co3)c2Br)o1. The van der Waals surface area contributed by atoms with Gasteiger partial charge in [-0.05, 0) is 35.0 Å². The minimum atomic E-state index is -0.564. The molecular weight excluding hydrogens is 380 g/mol. The van der Waals surface area contributed by atoms with E-state index in [2.05, 4.69) is 30.6 Å². The van der Waals surface area contributed by atoms with Crippen molar-refractivity contribution in [3.63, 3.8) is 0 Å². The number of esters is 1. The lowest BCUT2D eigenvalue weighted by atomic mass is 10.1. The lowest BCUT2D eigenvalue weighted by Gasteiger charge is -2.04. The zero-order valence-corrected chi connectivity index (χ0v) is 14.5. The van der Waals surface area contributed by atoms with E-state index >= 15 is 0 Å². The zero-order valence-electron chi connectivity index (χ0n) is 12.9. The first-order valence-electron chi connectivity index (χ1n) is 7.05. The van der Waals surface area contributed by atoms with Crippen molar-refractivity contribution >= 4 is 21.9 Å². The second-order valence-corrected chi connectivity index (χ2v) is 5.41. The third-order valence-corrected chi connectivity index (χ3v) is 3.98. The number of halogens is 1. The van der Waals surface area contributed by atoms with Crippen molar-refractivity contribution in [2.24, 2.45) is 0 Å². The summed E-state index contributed by atoms with van der Waals surface area (Å²) in [5.41, 5.74) is 1.45. The van der Waals surface area contributed by atoms with E-state index in [1.165, 1.54) is 19.6 Å². The molecule has 0 aliphatic heterocycles. The van der Waals surface area contributed by atoms with E-state index in [4.69, 9.17) is 13.6 Å². The summed E-state index contributed by atoms with van der Waals surface area (Å²) in [6.07, 6.45) is 2.76. The molecule has 0 fully saturated rings. The van der Waals surface area contributed by atoms with Crippen LogP contribution in [0.4, 0.5) is 0 Å². The van der Waals surface area contributed by atoms with E-state index in [-0.39, 0.29) is 11.6 Å². The summed E-state index contributed by atoms with van der Waals surface area (Å²) in [7, 11) is 1.28. The fraction of sp³-hybridized carbons (Fsp3) is 0.188. The highest BCUT2D eigenvalue weighted by Gasteiger charge is 2.19. The van der Waals surface area contributed by atoms with Crippen molar-refractivity contribution < 1.29 is 23.1 Å². The largest absolute Gasteiger partial charge is 0.464 e. The van der Waals surface area contributed by atoms with E-state index in [1.807, 2.05) is 19.1 Å². The molecule has 1 aromatic carbocycles. The predicted octanol–water partition coefficient (Wildman–Crippen LogP) is 3.94. The van der Waals surface area contributed by atoms with E-state index in [1.54, 1.807) is 6.07 Å². The number of hydrogen-bond acceptors (Lipinski definition) is 7. The summed E-state index contributed by atoms with van der Waals surface area (Å²) in [5, 5.41) is 0. The fourth-order valence-corrected chi connectivity index (χ4v) is 2.65. The lowest BCUT2D eigenvalue weighted by Crippen LogP contribution is -2.01. The Morgan fingerprint density at radius 3 is 2.75 bits per heavy atom. The second-order valence-electron chi connectivity index (χ2n) is 4.61. The topological polar surface area (TPSA) is 87.6 Å². The molecule has 7 nitrogen and oxygen atoms in total. The molecule has 0 saturated heterocycles. The highest BCUT2D eigenvalue weighted by atomic mass is 79.9. The second kappa shape index (κ2) is 6.88.